The van der Waals surface area contributed by atoms with Gasteiger partial charge in [-0.15, -0.1) is 0 Å². The summed E-state index contributed by atoms with van der Waals surface area (Å²) < 4.78 is 5.17. The fourth-order valence-electron chi connectivity index (χ4n) is 3.42. The molecular weight excluding hydrogens is 383 g/mol. The van der Waals surface area contributed by atoms with Gasteiger partial charge in [0, 0.05) is 39.3 Å². The van der Waals surface area contributed by atoms with Crippen molar-refractivity contribution in [2.45, 2.75) is 19.1 Å². The van der Waals surface area contributed by atoms with Gasteiger partial charge in [0.15, 0.2) is 0 Å². The van der Waals surface area contributed by atoms with Gasteiger partial charge in [-0.2, -0.15) is 0 Å². The highest BCUT2D eigenvalue weighted by molar-refractivity contribution is 6.42. The third-order valence-electron chi connectivity index (χ3n) is 4.95. The molecule has 0 aliphatic carbocycles. The molecule has 0 amide bonds. The van der Waals surface area contributed by atoms with Crippen LogP contribution >= 0.6 is 23.2 Å². The number of benzene rings is 2. The Balaban J connectivity index is 1.42. The van der Waals surface area contributed by atoms with Gasteiger partial charge in [-0.1, -0.05) is 41.4 Å². The zero-order chi connectivity index (χ0) is 19.2. The molecule has 1 aliphatic rings. The van der Waals surface area contributed by atoms with Crippen molar-refractivity contribution in [1.82, 2.24) is 9.80 Å². The molecule has 1 atom stereocenters. The summed E-state index contributed by atoms with van der Waals surface area (Å²) in [5, 5.41) is 11.6. The van der Waals surface area contributed by atoms with Gasteiger partial charge in [-0.25, -0.2) is 0 Å². The van der Waals surface area contributed by atoms with Crippen LogP contribution in [0.2, 0.25) is 10.0 Å². The van der Waals surface area contributed by atoms with Crippen molar-refractivity contribution in [3.63, 3.8) is 0 Å². The van der Waals surface area contributed by atoms with E-state index in [9.17, 15) is 5.11 Å². The topological polar surface area (TPSA) is 35.9 Å². The predicted octanol–water partition coefficient (Wildman–Crippen LogP) is 3.72. The molecule has 0 spiro atoms. The maximum Gasteiger partial charge on any atom is 0.118 e. The molecule has 0 aromatic heterocycles. The molecule has 1 heterocycles. The normalized spacial score (nSPS) is 17.0. The Morgan fingerprint density at radius 1 is 0.926 bits per heavy atom. The van der Waals surface area contributed by atoms with Crippen LogP contribution in [0.4, 0.5) is 0 Å². The first-order chi connectivity index (χ1) is 13.0. The van der Waals surface area contributed by atoms with Gasteiger partial charge >= 0.3 is 0 Å². The van der Waals surface area contributed by atoms with Gasteiger partial charge < -0.3 is 9.84 Å². The van der Waals surface area contributed by atoms with Crippen molar-refractivity contribution in [3.05, 3.63) is 63.6 Å². The second-order valence-corrected chi connectivity index (χ2v) is 7.85. The number of hydrogen-bond acceptors (Lipinski definition) is 4. The Kier molecular flexibility index (Phi) is 7.39. The molecule has 0 bridgehead atoms. The van der Waals surface area contributed by atoms with Crippen LogP contribution in [0.5, 0.6) is 5.75 Å². The number of β-amino-alcohol motifs (C(OH)–C–C–N with tert-alkyl or cyclic N) is 1. The van der Waals surface area contributed by atoms with Crippen LogP contribution in [0, 0.1) is 0 Å². The molecule has 0 radical (unpaired) electrons. The van der Waals surface area contributed by atoms with Gasteiger partial charge in [-0.05, 0) is 41.8 Å². The monoisotopic (exact) mass is 408 g/mol. The smallest absolute Gasteiger partial charge is 0.118 e. The average molecular weight is 409 g/mol. The lowest BCUT2D eigenvalue weighted by Gasteiger charge is -2.35. The highest BCUT2D eigenvalue weighted by atomic mass is 35.5. The summed E-state index contributed by atoms with van der Waals surface area (Å²) in [6.07, 6.45) is 0.299. The first kappa shape index (κ1) is 20.4. The Bertz CT molecular complexity index is 731. The highest BCUT2D eigenvalue weighted by Gasteiger charge is 2.19. The van der Waals surface area contributed by atoms with Crippen LogP contribution in [-0.2, 0) is 13.0 Å². The van der Waals surface area contributed by atoms with Gasteiger partial charge in [0.05, 0.1) is 23.3 Å². The summed E-state index contributed by atoms with van der Waals surface area (Å²) in [4.78, 5) is 4.74. The SMILES string of the molecule is COc1ccc(CC(O)CN2CCN(Cc3ccc(Cl)c(Cl)c3)CC2)cc1. The van der Waals surface area contributed by atoms with Crippen LogP contribution in [0.1, 0.15) is 11.1 Å². The average Bonchev–Trinajstić information content (AvgIpc) is 2.67. The molecule has 1 aliphatic heterocycles. The minimum atomic E-state index is -0.361. The fraction of sp³-hybridized carbons (Fsp3) is 0.429. The molecular formula is C21H26Cl2N2O2. The molecule has 1 unspecified atom stereocenters. The van der Waals surface area contributed by atoms with E-state index in [1.54, 1.807) is 7.11 Å². The Labute approximate surface area is 171 Å². The van der Waals surface area contributed by atoms with Crippen molar-refractivity contribution in [2.75, 3.05) is 39.8 Å². The summed E-state index contributed by atoms with van der Waals surface area (Å²) in [6.45, 7) is 5.46. The molecule has 2 aromatic rings. The molecule has 1 fully saturated rings. The molecule has 0 saturated carbocycles. The quantitative estimate of drug-likeness (QED) is 0.756. The number of piperazine rings is 1. The predicted molar refractivity (Wildman–Crippen MR) is 111 cm³/mol. The third-order valence-corrected chi connectivity index (χ3v) is 5.69. The summed E-state index contributed by atoms with van der Waals surface area (Å²) in [7, 11) is 1.66. The molecule has 2 aromatic carbocycles. The zero-order valence-corrected chi connectivity index (χ0v) is 17.1. The minimum absolute atomic E-state index is 0.361. The molecule has 4 nitrogen and oxygen atoms in total. The van der Waals surface area contributed by atoms with E-state index in [0.717, 1.165) is 44.0 Å². The Morgan fingerprint density at radius 3 is 2.19 bits per heavy atom. The largest absolute Gasteiger partial charge is 0.497 e. The molecule has 6 heteroatoms. The Hall–Kier alpha value is -1.30. The van der Waals surface area contributed by atoms with Gasteiger partial charge in [0.1, 0.15) is 5.75 Å². The van der Waals surface area contributed by atoms with Crippen molar-refractivity contribution >= 4 is 23.2 Å². The first-order valence-corrected chi connectivity index (χ1v) is 9.98. The maximum absolute atomic E-state index is 10.4. The van der Waals surface area contributed by atoms with Gasteiger partial charge in [0.2, 0.25) is 0 Å². The second-order valence-electron chi connectivity index (χ2n) is 7.03. The number of rotatable bonds is 7. The molecule has 27 heavy (non-hydrogen) atoms. The summed E-state index contributed by atoms with van der Waals surface area (Å²) in [6, 6.07) is 13.7. The van der Waals surface area contributed by atoms with E-state index in [2.05, 4.69) is 9.80 Å². The summed E-state index contributed by atoms with van der Waals surface area (Å²) in [5.41, 5.74) is 2.30. The van der Waals surface area contributed by atoms with Crippen molar-refractivity contribution in [2.24, 2.45) is 0 Å². The van der Waals surface area contributed by atoms with Crippen LogP contribution in [0.15, 0.2) is 42.5 Å². The number of ether oxygens (including phenoxy) is 1. The minimum Gasteiger partial charge on any atom is -0.497 e. The van der Waals surface area contributed by atoms with Crippen LogP contribution < -0.4 is 4.74 Å². The van der Waals surface area contributed by atoms with Crippen LogP contribution in [0.25, 0.3) is 0 Å². The lowest BCUT2D eigenvalue weighted by molar-refractivity contribution is 0.0704. The molecule has 1 saturated heterocycles. The first-order valence-electron chi connectivity index (χ1n) is 9.23. The molecule has 146 valence electrons. The zero-order valence-electron chi connectivity index (χ0n) is 15.6. The lowest BCUT2D eigenvalue weighted by Crippen LogP contribution is -2.48. The van der Waals surface area contributed by atoms with E-state index in [4.69, 9.17) is 27.9 Å². The summed E-state index contributed by atoms with van der Waals surface area (Å²) >= 11 is 12.1. The van der Waals surface area contributed by atoms with Crippen molar-refractivity contribution < 1.29 is 9.84 Å². The van der Waals surface area contributed by atoms with E-state index in [0.29, 0.717) is 23.0 Å². The third kappa shape index (κ3) is 6.09. The lowest BCUT2D eigenvalue weighted by atomic mass is 10.1. The number of hydrogen-bond donors (Lipinski definition) is 1. The maximum atomic E-state index is 10.4. The van der Waals surface area contributed by atoms with Crippen molar-refractivity contribution in [3.8, 4) is 5.75 Å². The molecule has 3 rings (SSSR count). The Morgan fingerprint density at radius 2 is 1.56 bits per heavy atom. The number of methoxy groups -OCH3 is 1. The van der Waals surface area contributed by atoms with E-state index < -0.39 is 0 Å². The van der Waals surface area contributed by atoms with E-state index in [1.165, 1.54) is 5.56 Å². The number of aliphatic hydroxyl groups excluding tert-OH is 1. The van der Waals surface area contributed by atoms with Gasteiger partial charge in [-0.3, -0.25) is 9.80 Å². The molecule has 1 N–H and O–H groups in total. The van der Waals surface area contributed by atoms with Crippen LogP contribution in [0.3, 0.4) is 0 Å². The van der Waals surface area contributed by atoms with Crippen LogP contribution in [-0.4, -0.2) is 60.8 Å². The second kappa shape index (κ2) is 9.76. The summed E-state index contributed by atoms with van der Waals surface area (Å²) in [5.74, 6) is 0.839. The van der Waals surface area contributed by atoms with E-state index >= 15 is 0 Å². The standard InChI is InChI=1S/C21H26Cl2N2O2/c1-27-19-5-2-16(3-6-19)12-18(26)15-25-10-8-24(9-11-25)14-17-4-7-20(22)21(23)13-17/h2-7,13,18,26H,8-12,14-15H2,1H3. The number of nitrogens with zero attached hydrogens (tertiary/aromatic N) is 2. The van der Waals surface area contributed by atoms with Crippen molar-refractivity contribution in [1.29, 1.82) is 0 Å². The van der Waals surface area contributed by atoms with E-state index in [1.807, 2.05) is 42.5 Å². The number of aliphatic hydroxyl groups is 1. The van der Waals surface area contributed by atoms with Gasteiger partial charge in [0.25, 0.3) is 0 Å². The highest BCUT2D eigenvalue weighted by Crippen LogP contribution is 2.23. The fourth-order valence-corrected chi connectivity index (χ4v) is 3.74. The number of halogens is 2. The van der Waals surface area contributed by atoms with E-state index in [-0.39, 0.29) is 6.10 Å².